The Kier molecular flexibility index (Phi) is 7.67. The van der Waals surface area contributed by atoms with Crippen LogP contribution in [0.3, 0.4) is 0 Å². The fourth-order valence-electron chi connectivity index (χ4n) is 4.80. The van der Waals surface area contributed by atoms with Crippen LogP contribution >= 0.6 is 0 Å². The van der Waals surface area contributed by atoms with Crippen LogP contribution in [0.5, 0.6) is 5.75 Å². The van der Waals surface area contributed by atoms with Crippen molar-refractivity contribution in [2.24, 2.45) is 0 Å². The molecule has 2 N–H and O–H groups in total. The SMILES string of the molecule is CO[C@@H]1CCNC[C@@H](C(=O)NC(C#N)Cc2cc3c(cc2F)-c2cc(C4COC4)c(F)cc2CO3)OC1. The van der Waals surface area contributed by atoms with E-state index in [1.54, 1.807) is 19.2 Å². The minimum atomic E-state index is -0.970. The topological polar surface area (TPSA) is 102 Å². The van der Waals surface area contributed by atoms with Crippen molar-refractivity contribution in [2.75, 3.05) is 40.0 Å². The molecule has 37 heavy (non-hydrogen) atoms. The fourth-order valence-corrected chi connectivity index (χ4v) is 4.80. The molecule has 1 amide bonds. The number of hydrogen-bond donors (Lipinski definition) is 2. The molecule has 3 heterocycles. The summed E-state index contributed by atoms with van der Waals surface area (Å²) in [5, 5.41) is 15.5. The van der Waals surface area contributed by atoms with Gasteiger partial charge in [-0.2, -0.15) is 5.26 Å². The Morgan fingerprint density at radius 2 is 2.05 bits per heavy atom. The Morgan fingerprint density at radius 1 is 1.22 bits per heavy atom. The fraction of sp³-hybridized carbons (Fsp3) is 0.481. The number of ether oxygens (including phenoxy) is 4. The number of halogens is 2. The highest BCUT2D eigenvalue weighted by molar-refractivity contribution is 5.82. The Labute approximate surface area is 213 Å². The van der Waals surface area contributed by atoms with Gasteiger partial charge in [0.25, 0.3) is 5.91 Å². The van der Waals surface area contributed by atoms with Crippen molar-refractivity contribution < 1.29 is 32.5 Å². The van der Waals surface area contributed by atoms with Crippen LogP contribution in [0.4, 0.5) is 8.78 Å². The summed E-state index contributed by atoms with van der Waals surface area (Å²) in [6, 6.07) is 7.17. The molecule has 5 rings (SSSR count). The third-order valence-electron chi connectivity index (χ3n) is 7.10. The molecule has 0 aliphatic carbocycles. The van der Waals surface area contributed by atoms with Crippen molar-refractivity contribution in [1.29, 1.82) is 5.26 Å². The van der Waals surface area contributed by atoms with Gasteiger partial charge in [-0.25, -0.2) is 8.78 Å². The Bertz CT molecular complexity index is 1210. The summed E-state index contributed by atoms with van der Waals surface area (Å²) in [4.78, 5) is 12.8. The van der Waals surface area contributed by atoms with E-state index < -0.39 is 23.9 Å². The molecule has 2 fully saturated rings. The summed E-state index contributed by atoms with van der Waals surface area (Å²) in [5.41, 5.74) is 2.69. The highest BCUT2D eigenvalue weighted by atomic mass is 19.1. The van der Waals surface area contributed by atoms with E-state index in [9.17, 15) is 14.4 Å². The molecule has 196 valence electrons. The zero-order valence-electron chi connectivity index (χ0n) is 20.5. The first-order chi connectivity index (χ1) is 18.0. The molecule has 3 aliphatic heterocycles. The van der Waals surface area contributed by atoms with Gasteiger partial charge in [0.15, 0.2) is 0 Å². The highest BCUT2D eigenvalue weighted by Gasteiger charge is 2.29. The number of amides is 1. The van der Waals surface area contributed by atoms with Gasteiger partial charge in [-0.1, -0.05) is 0 Å². The smallest absolute Gasteiger partial charge is 0.251 e. The lowest BCUT2D eigenvalue weighted by Crippen LogP contribution is -2.49. The summed E-state index contributed by atoms with van der Waals surface area (Å²) in [5.74, 6) is -0.862. The predicted octanol–water partition coefficient (Wildman–Crippen LogP) is 2.58. The van der Waals surface area contributed by atoms with Gasteiger partial charge in [0.2, 0.25) is 0 Å². The van der Waals surface area contributed by atoms with E-state index in [2.05, 4.69) is 10.6 Å². The van der Waals surface area contributed by atoms with E-state index in [-0.39, 0.29) is 43.0 Å². The van der Waals surface area contributed by atoms with Gasteiger partial charge in [0.1, 0.15) is 36.1 Å². The molecule has 0 spiro atoms. The Balaban J connectivity index is 1.31. The molecule has 8 nitrogen and oxygen atoms in total. The molecule has 3 atom stereocenters. The molecule has 0 radical (unpaired) electrons. The normalized spacial score (nSPS) is 22.2. The first-order valence-electron chi connectivity index (χ1n) is 12.4. The lowest BCUT2D eigenvalue weighted by molar-refractivity contribution is -0.136. The van der Waals surface area contributed by atoms with E-state index in [0.29, 0.717) is 48.7 Å². The number of nitrogens with zero attached hydrogens (tertiary/aromatic N) is 1. The van der Waals surface area contributed by atoms with Crippen LogP contribution in [-0.4, -0.2) is 64.2 Å². The largest absolute Gasteiger partial charge is 0.488 e. The van der Waals surface area contributed by atoms with Crippen molar-refractivity contribution in [2.45, 2.75) is 43.6 Å². The van der Waals surface area contributed by atoms with Crippen LogP contribution in [0.2, 0.25) is 0 Å². The summed E-state index contributed by atoms with van der Waals surface area (Å²) < 4.78 is 51.9. The van der Waals surface area contributed by atoms with Gasteiger partial charge in [-0.05, 0) is 53.9 Å². The number of methoxy groups -OCH3 is 1. The molecule has 2 aromatic carbocycles. The van der Waals surface area contributed by atoms with E-state index in [1.165, 1.54) is 12.1 Å². The van der Waals surface area contributed by atoms with Crippen molar-refractivity contribution in [3.05, 3.63) is 52.6 Å². The van der Waals surface area contributed by atoms with E-state index in [0.717, 1.165) is 12.0 Å². The second kappa shape index (κ2) is 11.1. The number of hydrogen-bond acceptors (Lipinski definition) is 7. The maximum Gasteiger partial charge on any atom is 0.251 e. The molecule has 0 saturated carbocycles. The monoisotopic (exact) mass is 513 g/mol. The summed E-state index contributed by atoms with van der Waals surface area (Å²) in [7, 11) is 1.59. The number of nitrogens with one attached hydrogen (secondary N) is 2. The Hall–Kier alpha value is -3.10. The van der Waals surface area contributed by atoms with Gasteiger partial charge < -0.3 is 29.6 Å². The molecular formula is C27H29F2N3O5. The van der Waals surface area contributed by atoms with Crippen LogP contribution in [0.15, 0.2) is 24.3 Å². The molecule has 2 saturated heterocycles. The highest BCUT2D eigenvalue weighted by Crippen LogP contribution is 2.42. The van der Waals surface area contributed by atoms with Crippen LogP contribution in [0, 0.1) is 23.0 Å². The number of benzene rings is 2. The molecule has 3 aliphatic rings. The number of carbonyl (C=O) groups is 1. The summed E-state index contributed by atoms with van der Waals surface area (Å²) in [6.07, 6.45) is -0.204. The second-order valence-electron chi connectivity index (χ2n) is 9.56. The minimum Gasteiger partial charge on any atom is -0.488 e. The molecule has 2 aromatic rings. The quantitative estimate of drug-likeness (QED) is 0.612. The number of rotatable bonds is 6. The summed E-state index contributed by atoms with van der Waals surface area (Å²) >= 11 is 0. The van der Waals surface area contributed by atoms with Gasteiger partial charge in [0, 0.05) is 37.1 Å². The van der Waals surface area contributed by atoms with Crippen LogP contribution in [-0.2, 0) is 32.0 Å². The first-order valence-corrected chi connectivity index (χ1v) is 12.4. The van der Waals surface area contributed by atoms with Crippen LogP contribution in [0.25, 0.3) is 11.1 Å². The van der Waals surface area contributed by atoms with E-state index in [4.69, 9.17) is 18.9 Å². The maximum absolute atomic E-state index is 15.2. The third-order valence-corrected chi connectivity index (χ3v) is 7.10. The lowest BCUT2D eigenvalue weighted by atomic mass is 9.88. The summed E-state index contributed by atoms with van der Waals surface area (Å²) in [6.45, 7) is 2.32. The second-order valence-corrected chi connectivity index (χ2v) is 9.56. The number of nitriles is 1. The average Bonchev–Trinajstić information content (AvgIpc) is 2.83. The number of carbonyl (C=O) groups excluding carboxylic acids is 1. The Morgan fingerprint density at radius 3 is 2.78 bits per heavy atom. The zero-order chi connectivity index (χ0) is 25.9. The van der Waals surface area contributed by atoms with Crippen molar-refractivity contribution in [3.8, 4) is 22.9 Å². The first kappa shape index (κ1) is 25.5. The molecule has 1 unspecified atom stereocenters. The van der Waals surface area contributed by atoms with E-state index >= 15 is 4.39 Å². The van der Waals surface area contributed by atoms with Crippen LogP contribution in [0.1, 0.15) is 29.0 Å². The minimum absolute atomic E-state index is 0.0156. The zero-order valence-corrected chi connectivity index (χ0v) is 20.5. The molecule has 0 bridgehead atoms. The van der Waals surface area contributed by atoms with Crippen molar-refractivity contribution in [1.82, 2.24) is 10.6 Å². The van der Waals surface area contributed by atoms with Gasteiger partial charge in [-0.15, -0.1) is 0 Å². The van der Waals surface area contributed by atoms with Crippen molar-refractivity contribution >= 4 is 5.91 Å². The van der Waals surface area contributed by atoms with Crippen LogP contribution < -0.4 is 15.4 Å². The number of fused-ring (bicyclic) bond motifs is 3. The molecule has 10 heteroatoms. The van der Waals surface area contributed by atoms with Gasteiger partial charge >= 0.3 is 0 Å². The maximum atomic E-state index is 15.2. The predicted molar refractivity (Wildman–Crippen MR) is 129 cm³/mol. The van der Waals surface area contributed by atoms with Crippen molar-refractivity contribution in [3.63, 3.8) is 0 Å². The lowest BCUT2D eigenvalue weighted by Gasteiger charge is -2.29. The van der Waals surface area contributed by atoms with Gasteiger partial charge in [0.05, 0.1) is 32.0 Å². The molecular weight excluding hydrogens is 484 g/mol. The third kappa shape index (κ3) is 5.45. The average molecular weight is 514 g/mol. The van der Waals surface area contributed by atoms with Gasteiger partial charge in [-0.3, -0.25) is 4.79 Å². The molecule has 0 aromatic heterocycles. The standard InChI is InChI=1S/C27H29F2N3O5/c1-34-19-2-3-31-10-26(37-14-19)27(33)32-18(9-30)4-15-6-25-22(8-23(15)28)20-7-21(17-11-35-12-17)24(29)5-16(20)13-36-25/h5-8,17-19,26,31H,2-4,10-14H2,1H3,(H,32,33)/t18?,19-,26+/m1/s1. The van der Waals surface area contributed by atoms with E-state index in [1.807, 2.05) is 6.07 Å².